The van der Waals surface area contributed by atoms with Crippen molar-refractivity contribution in [2.24, 2.45) is 5.73 Å². The average molecular weight is 234 g/mol. The van der Waals surface area contributed by atoms with Gasteiger partial charge in [-0.3, -0.25) is 4.98 Å². The fourth-order valence-corrected chi connectivity index (χ4v) is 2.06. The fourth-order valence-electron chi connectivity index (χ4n) is 2.06. The summed E-state index contributed by atoms with van der Waals surface area (Å²) in [6.45, 7) is 2.26. The minimum atomic E-state index is 0.117. The van der Waals surface area contributed by atoms with E-state index in [1.165, 1.54) is 44.9 Å². The maximum absolute atomic E-state index is 6.09. The molecule has 1 unspecified atom stereocenters. The topological polar surface area (TPSA) is 38.9 Å². The Hall–Kier alpha value is -0.890. The van der Waals surface area contributed by atoms with Crippen LogP contribution in [0, 0.1) is 0 Å². The van der Waals surface area contributed by atoms with E-state index in [0.29, 0.717) is 0 Å². The lowest BCUT2D eigenvalue weighted by molar-refractivity contribution is 0.535. The Labute approximate surface area is 106 Å². The summed E-state index contributed by atoms with van der Waals surface area (Å²) in [7, 11) is 0. The summed E-state index contributed by atoms with van der Waals surface area (Å²) in [5.74, 6) is 0. The first-order chi connectivity index (χ1) is 8.34. The predicted octanol–water partition coefficient (Wildman–Crippen LogP) is 4.22. The largest absolute Gasteiger partial charge is 0.323 e. The van der Waals surface area contributed by atoms with Crippen LogP contribution in [0.15, 0.2) is 24.4 Å². The second-order valence-electron chi connectivity index (χ2n) is 4.77. The number of hydrogen-bond donors (Lipinski definition) is 1. The van der Waals surface area contributed by atoms with Crippen molar-refractivity contribution in [1.29, 1.82) is 0 Å². The van der Waals surface area contributed by atoms with Gasteiger partial charge in [-0.15, -0.1) is 0 Å². The molecule has 2 N–H and O–H groups in total. The molecule has 0 aliphatic carbocycles. The van der Waals surface area contributed by atoms with Gasteiger partial charge in [0, 0.05) is 12.2 Å². The molecule has 0 aromatic carbocycles. The van der Waals surface area contributed by atoms with E-state index >= 15 is 0 Å². The highest BCUT2D eigenvalue weighted by atomic mass is 14.8. The number of hydrogen-bond acceptors (Lipinski definition) is 2. The third-order valence-corrected chi connectivity index (χ3v) is 3.19. The Kier molecular flexibility index (Phi) is 7.65. The van der Waals surface area contributed by atoms with E-state index in [0.717, 1.165) is 12.1 Å². The molecule has 0 saturated carbocycles. The van der Waals surface area contributed by atoms with Gasteiger partial charge in [0.2, 0.25) is 0 Å². The van der Waals surface area contributed by atoms with Gasteiger partial charge in [0.15, 0.2) is 0 Å². The summed E-state index contributed by atoms with van der Waals surface area (Å²) >= 11 is 0. The zero-order valence-corrected chi connectivity index (χ0v) is 11.1. The van der Waals surface area contributed by atoms with Crippen molar-refractivity contribution in [3.63, 3.8) is 0 Å². The molecular weight excluding hydrogens is 208 g/mol. The molecule has 0 amide bonds. The minimum absolute atomic E-state index is 0.117. The number of nitrogens with two attached hydrogens (primary N) is 1. The summed E-state index contributed by atoms with van der Waals surface area (Å²) < 4.78 is 0. The van der Waals surface area contributed by atoms with E-state index in [-0.39, 0.29) is 6.04 Å². The van der Waals surface area contributed by atoms with Crippen LogP contribution in [0.5, 0.6) is 0 Å². The SMILES string of the molecule is CCCCCCCCCC(N)c1ccccn1. The van der Waals surface area contributed by atoms with E-state index in [2.05, 4.69) is 11.9 Å². The van der Waals surface area contributed by atoms with Gasteiger partial charge >= 0.3 is 0 Å². The molecule has 1 heterocycles. The summed E-state index contributed by atoms with van der Waals surface area (Å²) in [6.07, 6.45) is 12.3. The maximum atomic E-state index is 6.09. The summed E-state index contributed by atoms with van der Waals surface area (Å²) in [4.78, 5) is 4.29. The molecule has 1 aromatic rings. The van der Waals surface area contributed by atoms with Crippen molar-refractivity contribution < 1.29 is 0 Å². The Balaban J connectivity index is 2.03. The third-order valence-electron chi connectivity index (χ3n) is 3.19. The molecule has 2 heteroatoms. The van der Waals surface area contributed by atoms with Crippen LogP contribution in [0.2, 0.25) is 0 Å². The van der Waals surface area contributed by atoms with Gasteiger partial charge in [-0.25, -0.2) is 0 Å². The van der Waals surface area contributed by atoms with Gasteiger partial charge in [-0.1, -0.05) is 57.9 Å². The highest BCUT2D eigenvalue weighted by Gasteiger charge is 2.05. The van der Waals surface area contributed by atoms with Gasteiger partial charge < -0.3 is 5.73 Å². The standard InChI is InChI=1S/C15H26N2/c1-2-3-4-5-6-7-8-11-14(16)15-12-9-10-13-17-15/h9-10,12-14H,2-8,11,16H2,1H3. The van der Waals surface area contributed by atoms with E-state index in [4.69, 9.17) is 5.73 Å². The van der Waals surface area contributed by atoms with Crippen LogP contribution in [-0.4, -0.2) is 4.98 Å². The predicted molar refractivity (Wildman–Crippen MR) is 73.8 cm³/mol. The van der Waals surface area contributed by atoms with E-state index in [9.17, 15) is 0 Å². The van der Waals surface area contributed by atoms with Crippen LogP contribution in [0.1, 0.15) is 70.0 Å². The van der Waals surface area contributed by atoms with Crippen molar-refractivity contribution >= 4 is 0 Å². The van der Waals surface area contributed by atoms with Crippen LogP contribution in [0.4, 0.5) is 0 Å². The number of aromatic nitrogens is 1. The quantitative estimate of drug-likeness (QED) is 0.650. The highest BCUT2D eigenvalue weighted by Crippen LogP contribution is 2.16. The Bertz CT molecular complexity index is 272. The minimum Gasteiger partial charge on any atom is -0.323 e. The van der Waals surface area contributed by atoms with Crippen LogP contribution in [-0.2, 0) is 0 Å². The molecule has 2 nitrogen and oxygen atoms in total. The molecule has 1 aromatic heterocycles. The first-order valence-electron chi connectivity index (χ1n) is 7.01. The van der Waals surface area contributed by atoms with Crippen molar-refractivity contribution in [2.75, 3.05) is 0 Å². The first kappa shape index (κ1) is 14.2. The Morgan fingerprint density at radius 3 is 2.41 bits per heavy atom. The van der Waals surface area contributed by atoms with Crippen molar-refractivity contribution in [1.82, 2.24) is 4.98 Å². The number of pyridine rings is 1. The zero-order chi connectivity index (χ0) is 12.3. The van der Waals surface area contributed by atoms with Crippen molar-refractivity contribution in [3.8, 4) is 0 Å². The molecule has 1 rings (SSSR count). The smallest absolute Gasteiger partial charge is 0.0570 e. The molecule has 0 spiro atoms. The second kappa shape index (κ2) is 9.17. The van der Waals surface area contributed by atoms with Gasteiger partial charge in [-0.2, -0.15) is 0 Å². The van der Waals surface area contributed by atoms with Crippen molar-refractivity contribution in [2.45, 2.75) is 64.3 Å². The molecule has 17 heavy (non-hydrogen) atoms. The zero-order valence-electron chi connectivity index (χ0n) is 11.1. The highest BCUT2D eigenvalue weighted by molar-refractivity contribution is 5.07. The normalized spacial score (nSPS) is 12.6. The van der Waals surface area contributed by atoms with E-state index < -0.39 is 0 Å². The average Bonchev–Trinajstić information content (AvgIpc) is 2.38. The lowest BCUT2D eigenvalue weighted by Gasteiger charge is -2.10. The number of rotatable bonds is 9. The molecule has 0 aliphatic heterocycles. The third kappa shape index (κ3) is 6.42. The lowest BCUT2D eigenvalue weighted by atomic mass is 10.0. The fraction of sp³-hybridized carbons (Fsp3) is 0.667. The van der Waals surface area contributed by atoms with E-state index in [1.807, 2.05) is 24.4 Å². The molecule has 0 aliphatic rings. The monoisotopic (exact) mass is 234 g/mol. The van der Waals surface area contributed by atoms with Crippen LogP contribution < -0.4 is 5.73 Å². The second-order valence-corrected chi connectivity index (χ2v) is 4.77. The molecule has 0 fully saturated rings. The summed E-state index contributed by atoms with van der Waals surface area (Å²) in [5.41, 5.74) is 7.12. The van der Waals surface area contributed by atoms with Gasteiger partial charge in [0.05, 0.1) is 5.69 Å². The molecule has 1 atom stereocenters. The molecule has 0 radical (unpaired) electrons. The summed E-state index contributed by atoms with van der Waals surface area (Å²) in [6, 6.07) is 6.08. The van der Waals surface area contributed by atoms with Crippen LogP contribution in [0.25, 0.3) is 0 Å². The molecule has 0 bridgehead atoms. The van der Waals surface area contributed by atoms with Gasteiger partial charge in [0.25, 0.3) is 0 Å². The Morgan fingerprint density at radius 2 is 1.76 bits per heavy atom. The first-order valence-corrected chi connectivity index (χ1v) is 7.01. The summed E-state index contributed by atoms with van der Waals surface area (Å²) in [5, 5.41) is 0. The van der Waals surface area contributed by atoms with Gasteiger partial charge in [0.1, 0.15) is 0 Å². The van der Waals surface area contributed by atoms with Crippen LogP contribution in [0.3, 0.4) is 0 Å². The maximum Gasteiger partial charge on any atom is 0.0570 e. The van der Waals surface area contributed by atoms with Gasteiger partial charge in [-0.05, 0) is 18.6 Å². The molecule has 0 saturated heterocycles. The van der Waals surface area contributed by atoms with Crippen molar-refractivity contribution in [3.05, 3.63) is 30.1 Å². The number of unbranched alkanes of at least 4 members (excludes halogenated alkanes) is 6. The number of nitrogens with zero attached hydrogens (tertiary/aromatic N) is 1. The molecule has 96 valence electrons. The Morgan fingerprint density at radius 1 is 1.06 bits per heavy atom. The van der Waals surface area contributed by atoms with E-state index in [1.54, 1.807) is 0 Å². The molecular formula is C15H26N2. The van der Waals surface area contributed by atoms with Crippen LogP contribution >= 0.6 is 0 Å². The lowest BCUT2D eigenvalue weighted by Crippen LogP contribution is -2.11.